The second kappa shape index (κ2) is 5.11. The van der Waals surface area contributed by atoms with Crippen molar-refractivity contribution in [2.45, 2.75) is 42.8 Å². The Labute approximate surface area is 105 Å². The van der Waals surface area contributed by atoms with E-state index in [0.717, 1.165) is 5.17 Å². The Kier molecular flexibility index (Phi) is 3.94. The minimum absolute atomic E-state index is 0.0242. The molecule has 2 aliphatic rings. The van der Waals surface area contributed by atoms with Crippen LogP contribution >= 0.6 is 11.8 Å². The summed E-state index contributed by atoms with van der Waals surface area (Å²) in [5.74, 6) is 0. The summed E-state index contributed by atoms with van der Waals surface area (Å²) in [6, 6.07) is -0.321. The van der Waals surface area contributed by atoms with Gasteiger partial charge in [0.25, 0.3) is 0 Å². The van der Waals surface area contributed by atoms with Crippen LogP contribution in [0.15, 0.2) is 4.99 Å². The molecule has 0 bridgehead atoms. The molecule has 98 valence electrons. The van der Waals surface area contributed by atoms with E-state index < -0.39 is 18.3 Å². The van der Waals surface area contributed by atoms with Crippen LogP contribution in [-0.2, 0) is 4.74 Å². The van der Waals surface area contributed by atoms with Gasteiger partial charge < -0.3 is 25.6 Å². The first-order valence-electron chi connectivity index (χ1n) is 5.67. The third kappa shape index (κ3) is 2.30. The van der Waals surface area contributed by atoms with Crippen molar-refractivity contribution in [3.63, 3.8) is 0 Å². The van der Waals surface area contributed by atoms with E-state index in [1.54, 1.807) is 14.1 Å². The molecule has 0 radical (unpaired) electrons. The first-order valence-corrected chi connectivity index (χ1v) is 6.55. The summed E-state index contributed by atoms with van der Waals surface area (Å²) >= 11 is 1.45. The zero-order valence-corrected chi connectivity index (χ0v) is 10.9. The van der Waals surface area contributed by atoms with Gasteiger partial charge in [-0.1, -0.05) is 11.8 Å². The second-order valence-electron chi connectivity index (χ2n) is 4.34. The number of nitrogens with zero attached hydrogens (tertiary/aromatic N) is 1. The molecule has 0 aromatic carbocycles. The lowest BCUT2D eigenvalue weighted by Crippen LogP contribution is -2.62. The molecule has 0 aromatic heterocycles. The highest BCUT2D eigenvalue weighted by Crippen LogP contribution is 2.34. The number of amidine groups is 1. The number of aliphatic imine (C=N–C) groups is 1. The van der Waals surface area contributed by atoms with Gasteiger partial charge in [0.2, 0.25) is 0 Å². The lowest BCUT2D eigenvalue weighted by molar-refractivity contribution is -0.163. The molecule has 17 heavy (non-hydrogen) atoms. The van der Waals surface area contributed by atoms with Crippen molar-refractivity contribution < 1.29 is 14.9 Å². The normalized spacial score (nSPS) is 45.5. The van der Waals surface area contributed by atoms with Crippen molar-refractivity contribution in [1.29, 1.82) is 0 Å². The van der Waals surface area contributed by atoms with Crippen molar-refractivity contribution in [3.05, 3.63) is 0 Å². The van der Waals surface area contributed by atoms with Gasteiger partial charge >= 0.3 is 0 Å². The number of hydrogen-bond acceptors (Lipinski definition) is 6. The second-order valence-corrected chi connectivity index (χ2v) is 5.43. The fraction of sp³-hybridized carbons (Fsp3) is 0.900. The van der Waals surface area contributed by atoms with E-state index in [-0.39, 0.29) is 17.5 Å². The van der Waals surface area contributed by atoms with Crippen LogP contribution in [0.1, 0.15) is 6.92 Å². The molecule has 4 N–H and O–H groups in total. The summed E-state index contributed by atoms with van der Waals surface area (Å²) in [6.07, 6.45) is -2.16. The molecule has 0 saturated carbocycles. The van der Waals surface area contributed by atoms with Gasteiger partial charge in [-0.3, -0.25) is 4.99 Å². The summed E-state index contributed by atoms with van der Waals surface area (Å²) in [5, 5.41) is 27.0. The molecule has 6 atom stereocenters. The molecule has 2 saturated heterocycles. The number of likely N-dealkylation sites (N-methyl/N-ethyl adjacent to an activating group) is 1. The van der Waals surface area contributed by atoms with Gasteiger partial charge in [0.1, 0.15) is 23.7 Å². The number of aliphatic hydroxyl groups is 2. The molecule has 7 heteroatoms. The van der Waals surface area contributed by atoms with Gasteiger partial charge in [0.15, 0.2) is 5.17 Å². The minimum Gasteiger partial charge on any atom is -0.388 e. The Balaban J connectivity index is 2.13. The van der Waals surface area contributed by atoms with Crippen LogP contribution < -0.4 is 10.6 Å². The Morgan fingerprint density at radius 3 is 2.76 bits per heavy atom. The topological polar surface area (TPSA) is 86.1 Å². The van der Waals surface area contributed by atoms with Crippen molar-refractivity contribution in [2.75, 3.05) is 14.1 Å². The first kappa shape index (κ1) is 13.1. The van der Waals surface area contributed by atoms with Crippen LogP contribution in [0.5, 0.6) is 0 Å². The Morgan fingerprint density at radius 2 is 2.18 bits per heavy atom. The number of hydrogen-bond donors (Lipinski definition) is 4. The smallest absolute Gasteiger partial charge is 0.159 e. The summed E-state index contributed by atoms with van der Waals surface area (Å²) in [5.41, 5.74) is -0.201. The monoisotopic (exact) mass is 261 g/mol. The van der Waals surface area contributed by atoms with Crippen molar-refractivity contribution in [2.24, 2.45) is 4.99 Å². The Morgan fingerprint density at radius 1 is 1.47 bits per heavy atom. The molecule has 2 rings (SSSR count). The number of rotatable bonds is 2. The van der Waals surface area contributed by atoms with Crippen molar-refractivity contribution >= 4 is 16.9 Å². The summed E-state index contributed by atoms with van der Waals surface area (Å²) < 4.78 is 5.82. The van der Waals surface area contributed by atoms with Gasteiger partial charge in [-0.2, -0.15) is 0 Å². The van der Waals surface area contributed by atoms with Gasteiger partial charge in [0.05, 0.1) is 6.04 Å². The van der Waals surface area contributed by atoms with Gasteiger partial charge in [-0.15, -0.1) is 0 Å². The van der Waals surface area contributed by atoms with Crippen LogP contribution in [-0.4, -0.2) is 65.3 Å². The van der Waals surface area contributed by atoms with E-state index in [9.17, 15) is 10.2 Å². The maximum absolute atomic E-state index is 10.1. The molecular formula is C10H19N3O3S. The molecule has 0 aliphatic carbocycles. The van der Waals surface area contributed by atoms with Crippen LogP contribution in [0.2, 0.25) is 0 Å². The zero-order chi connectivity index (χ0) is 12.6. The number of ether oxygens (including phenoxy) is 1. The maximum atomic E-state index is 10.1. The summed E-state index contributed by atoms with van der Waals surface area (Å²) in [4.78, 5) is 4.04. The van der Waals surface area contributed by atoms with Crippen LogP contribution in [0, 0.1) is 0 Å². The molecular weight excluding hydrogens is 242 g/mol. The first-order chi connectivity index (χ1) is 8.08. The predicted molar refractivity (Wildman–Crippen MR) is 67.1 cm³/mol. The zero-order valence-electron chi connectivity index (χ0n) is 10.1. The van der Waals surface area contributed by atoms with E-state index in [1.807, 2.05) is 6.92 Å². The van der Waals surface area contributed by atoms with Crippen molar-refractivity contribution in [3.8, 4) is 0 Å². The lowest BCUT2D eigenvalue weighted by atomic mass is 9.94. The highest BCUT2D eigenvalue weighted by atomic mass is 32.2. The predicted octanol–water partition coefficient (Wildman–Crippen LogP) is -1.27. The number of aliphatic hydroxyl groups excluding tert-OH is 2. The SMILES string of the molecule is CN=C1N[C@@H]2[C@@H](O)[C@H](O)[C@H]([C@H](C)NC)O[C@@H]2S1. The third-order valence-electron chi connectivity index (χ3n) is 3.31. The molecule has 0 unspecified atom stereocenters. The van der Waals surface area contributed by atoms with Crippen LogP contribution in [0.4, 0.5) is 0 Å². The quantitative estimate of drug-likeness (QED) is 0.496. The van der Waals surface area contributed by atoms with E-state index in [2.05, 4.69) is 15.6 Å². The van der Waals surface area contributed by atoms with Gasteiger partial charge in [-0.05, 0) is 14.0 Å². The van der Waals surface area contributed by atoms with E-state index in [1.165, 1.54) is 11.8 Å². The number of nitrogens with one attached hydrogen (secondary N) is 2. The van der Waals surface area contributed by atoms with E-state index >= 15 is 0 Å². The number of thioether (sulfide) groups is 1. The Bertz CT molecular complexity index is 315. The fourth-order valence-corrected chi connectivity index (χ4v) is 3.21. The van der Waals surface area contributed by atoms with Gasteiger partial charge in [-0.25, -0.2) is 0 Å². The number of fused-ring (bicyclic) bond motifs is 1. The average Bonchev–Trinajstić information content (AvgIpc) is 2.76. The standard InChI is InChI=1S/C10H19N3O3S/c1-4(11-2)8-7(15)6(14)5-9(16-8)17-10(12-3)13-5/h4-9,11,14-15H,1-3H3,(H,12,13)/t4-,5+,6+,7-,8-,9+/m0/s1. The molecule has 6 nitrogen and oxygen atoms in total. The van der Waals surface area contributed by atoms with Crippen LogP contribution in [0.3, 0.4) is 0 Å². The fourth-order valence-electron chi connectivity index (χ4n) is 2.12. The highest BCUT2D eigenvalue weighted by molar-refractivity contribution is 8.14. The summed E-state index contributed by atoms with van der Waals surface area (Å²) in [6.45, 7) is 1.92. The third-order valence-corrected chi connectivity index (χ3v) is 4.47. The molecule has 0 aromatic rings. The largest absolute Gasteiger partial charge is 0.388 e. The molecule has 0 amide bonds. The highest BCUT2D eigenvalue weighted by Gasteiger charge is 2.49. The molecule has 2 aliphatic heterocycles. The average molecular weight is 261 g/mol. The molecule has 2 heterocycles. The lowest BCUT2D eigenvalue weighted by Gasteiger charge is -2.41. The van der Waals surface area contributed by atoms with E-state index in [0.29, 0.717) is 0 Å². The Hall–Kier alpha value is -0.340. The van der Waals surface area contributed by atoms with Crippen LogP contribution in [0.25, 0.3) is 0 Å². The van der Waals surface area contributed by atoms with Gasteiger partial charge in [0, 0.05) is 13.1 Å². The maximum Gasteiger partial charge on any atom is 0.159 e. The minimum atomic E-state index is -0.900. The molecule has 0 spiro atoms. The molecule has 2 fully saturated rings. The summed E-state index contributed by atoms with van der Waals surface area (Å²) in [7, 11) is 3.49. The van der Waals surface area contributed by atoms with E-state index in [4.69, 9.17) is 4.74 Å². The van der Waals surface area contributed by atoms with Crippen molar-refractivity contribution in [1.82, 2.24) is 10.6 Å².